The van der Waals surface area contributed by atoms with Gasteiger partial charge in [-0.15, -0.1) is 0 Å². The molecule has 32 heavy (non-hydrogen) atoms. The van der Waals surface area contributed by atoms with Gasteiger partial charge in [0.25, 0.3) is 11.8 Å². The molecule has 0 bridgehead atoms. The van der Waals surface area contributed by atoms with Crippen LogP contribution in [0, 0.1) is 25.2 Å². The van der Waals surface area contributed by atoms with Crippen LogP contribution in [-0.2, 0) is 9.59 Å². The fourth-order valence-electron chi connectivity index (χ4n) is 3.68. The number of nitrogens with zero attached hydrogens (tertiary/aromatic N) is 3. The van der Waals surface area contributed by atoms with Crippen molar-refractivity contribution in [1.29, 1.82) is 5.26 Å². The lowest BCUT2D eigenvalue weighted by Gasteiger charge is -2.29. The second kappa shape index (κ2) is 8.42. The Morgan fingerprint density at radius 1 is 1.09 bits per heavy atom. The Morgan fingerprint density at radius 3 is 2.44 bits per heavy atom. The number of hydrogen-bond donors (Lipinski definition) is 1. The van der Waals surface area contributed by atoms with E-state index in [4.69, 9.17) is 29.1 Å². The van der Waals surface area contributed by atoms with Crippen LogP contribution in [-0.4, -0.2) is 21.5 Å². The standard InChI is InChI=1S/C24H17ClN4O2S/c1-14-11-17(15(2)28(14)18-9-7-16(13-26)8-10-18)12-19-22(30)27-24(32)29(23(19)31)21-6-4-3-5-20(21)25/h3-12H,1-2H3,(H,27,30,32)/b19-12+. The molecule has 1 N–H and O–H groups in total. The highest BCUT2D eigenvalue weighted by Crippen LogP contribution is 2.30. The summed E-state index contributed by atoms with van der Waals surface area (Å²) in [6, 6.07) is 18.0. The minimum absolute atomic E-state index is 0.0201. The van der Waals surface area contributed by atoms with Crippen LogP contribution in [0.4, 0.5) is 5.69 Å². The molecule has 0 spiro atoms. The van der Waals surface area contributed by atoms with E-state index >= 15 is 0 Å². The molecule has 1 saturated heterocycles. The van der Waals surface area contributed by atoms with Crippen LogP contribution in [0.3, 0.4) is 0 Å². The van der Waals surface area contributed by atoms with Crippen molar-refractivity contribution in [3.8, 4) is 11.8 Å². The van der Waals surface area contributed by atoms with Crippen LogP contribution in [0.5, 0.6) is 0 Å². The summed E-state index contributed by atoms with van der Waals surface area (Å²) in [6.45, 7) is 3.83. The maximum Gasteiger partial charge on any atom is 0.270 e. The highest BCUT2D eigenvalue weighted by Gasteiger charge is 2.35. The average Bonchev–Trinajstić information content (AvgIpc) is 3.05. The van der Waals surface area contributed by atoms with E-state index in [0.29, 0.717) is 16.3 Å². The molecule has 0 saturated carbocycles. The molecule has 2 aromatic carbocycles. The zero-order chi connectivity index (χ0) is 23.0. The van der Waals surface area contributed by atoms with E-state index in [9.17, 15) is 9.59 Å². The van der Waals surface area contributed by atoms with Gasteiger partial charge in [-0.2, -0.15) is 5.26 Å². The number of para-hydroxylation sites is 1. The van der Waals surface area contributed by atoms with Gasteiger partial charge in [0.2, 0.25) is 0 Å². The number of aryl methyl sites for hydroxylation is 1. The number of aromatic nitrogens is 1. The zero-order valence-corrected chi connectivity index (χ0v) is 18.8. The SMILES string of the molecule is Cc1cc(/C=C2\C(=O)NC(=S)N(c3ccccc3Cl)C2=O)c(C)n1-c1ccc(C#N)cc1. The molecule has 158 valence electrons. The summed E-state index contributed by atoms with van der Waals surface area (Å²) in [5, 5.41) is 11.9. The third kappa shape index (κ3) is 3.71. The van der Waals surface area contributed by atoms with E-state index in [2.05, 4.69) is 11.4 Å². The van der Waals surface area contributed by atoms with Crippen molar-refractivity contribution < 1.29 is 9.59 Å². The first kappa shape index (κ1) is 21.5. The van der Waals surface area contributed by atoms with E-state index in [0.717, 1.165) is 22.6 Å². The maximum absolute atomic E-state index is 13.3. The lowest BCUT2D eigenvalue weighted by Crippen LogP contribution is -2.54. The molecule has 0 atom stereocenters. The van der Waals surface area contributed by atoms with Crippen LogP contribution in [0.15, 0.2) is 60.2 Å². The Balaban J connectivity index is 1.77. The summed E-state index contributed by atoms with van der Waals surface area (Å²) in [4.78, 5) is 27.1. The van der Waals surface area contributed by atoms with Crippen LogP contribution in [0.1, 0.15) is 22.5 Å². The Hall–Kier alpha value is -3.73. The zero-order valence-electron chi connectivity index (χ0n) is 17.2. The fraction of sp³-hybridized carbons (Fsp3) is 0.0833. The van der Waals surface area contributed by atoms with Gasteiger partial charge in [0, 0.05) is 17.1 Å². The first-order valence-electron chi connectivity index (χ1n) is 9.67. The largest absolute Gasteiger partial charge is 0.318 e. The number of halogens is 1. The van der Waals surface area contributed by atoms with Gasteiger partial charge < -0.3 is 4.57 Å². The molecule has 6 nitrogen and oxygen atoms in total. The first-order valence-corrected chi connectivity index (χ1v) is 10.5. The number of hydrogen-bond acceptors (Lipinski definition) is 4. The number of amides is 2. The Labute approximate surface area is 195 Å². The summed E-state index contributed by atoms with van der Waals surface area (Å²) in [5.74, 6) is -1.11. The monoisotopic (exact) mass is 460 g/mol. The number of rotatable bonds is 3. The highest BCUT2D eigenvalue weighted by atomic mass is 35.5. The van der Waals surface area contributed by atoms with Gasteiger partial charge in [-0.1, -0.05) is 23.7 Å². The fourth-order valence-corrected chi connectivity index (χ4v) is 4.18. The van der Waals surface area contributed by atoms with Crippen LogP contribution < -0.4 is 10.2 Å². The molecule has 8 heteroatoms. The Kier molecular flexibility index (Phi) is 5.66. The lowest BCUT2D eigenvalue weighted by atomic mass is 10.1. The quantitative estimate of drug-likeness (QED) is 0.356. The first-order chi connectivity index (χ1) is 15.3. The average molecular weight is 461 g/mol. The number of carbonyl (C=O) groups excluding carboxylic acids is 2. The molecular weight excluding hydrogens is 444 g/mol. The van der Waals surface area contributed by atoms with Gasteiger partial charge in [0.05, 0.1) is 22.3 Å². The molecule has 3 aromatic rings. The van der Waals surface area contributed by atoms with Gasteiger partial charge >= 0.3 is 0 Å². The van der Waals surface area contributed by atoms with E-state index in [1.807, 2.05) is 36.6 Å². The van der Waals surface area contributed by atoms with Gasteiger partial charge in [-0.05, 0) is 80.2 Å². The molecule has 1 fully saturated rings. The Morgan fingerprint density at radius 2 is 1.78 bits per heavy atom. The summed E-state index contributed by atoms with van der Waals surface area (Å²) in [5.41, 5.74) is 4.29. The van der Waals surface area contributed by atoms with Gasteiger partial charge in [0.15, 0.2) is 5.11 Å². The second-order valence-electron chi connectivity index (χ2n) is 7.23. The number of nitrogens with one attached hydrogen (secondary N) is 1. The normalized spacial score (nSPS) is 15.1. The highest BCUT2D eigenvalue weighted by molar-refractivity contribution is 7.80. The number of anilines is 1. The summed E-state index contributed by atoms with van der Waals surface area (Å²) < 4.78 is 2.00. The molecule has 0 radical (unpaired) electrons. The summed E-state index contributed by atoms with van der Waals surface area (Å²) in [7, 11) is 0. The van der Waals surface area contributed by atoms with Gasteiger partial charge in [0.1, 0.15) is 5.57 Å². The molecule has 2 amide bonds. The summed E-state index contributed by atoms with van der Waals surface area (Å²) in [6.07, 6.45) is 1.56. The second-order valence-corrected chi connectivity index (χ2v) is 8.02. The number of thiocarbonyl (C=S) groups is 1. The molecule has 2 heterocycles. The minimum Gasteiger partial charge on any atom is -0.318 e. The van der Waals surface area contributed by atoms with Crippen molar-refractivity contribution in [2.45, 2.75) is 13.8 Å². The van der Waals surface area contributed by atoms with Crippen LogP contribution in [0.2, 0.25) is 5.02 Å². The molecule has 1 aliphatic heterocycles. The van der Waals surface area contributed by atoms with Crippen molar-refractivity contribution in [1.82, 2.24) is 9.88 Å². The van der Waals surface area contributed by atoms with E-state index < -0.39 is 11.8 Å². The predicted octanol–water partition coefficient (Wildman–Crippen LogP) is 4.45. The lowest BCUT2D eigenvalue weighted by molar-refractivity contribution is -0.122. The molecule has 0 aliphatic carbocycles. The molecule has 1 aromatic heterocycles. The Bertz CT molecular complexity index is 1350. The van der Waals surface area contributed by atoms with Crippen LogP contribution in [0.25, 0.3) is 11.8 Å². The van der Waals surface area contributed by atoms with Gasteiger partial charge in [-0.25, -0.2) is 0 Å². The van der Waals surface area contributed by atoms with Crippen molar-refractivity contribution in [2.75, 3.05) is 4.90 Å². The van der Waals surface area contributed by atoms with E-state index in [1.54, 1.807) is 42.5 Å². The predicted molar refractivity (Wildman–Crippen MR) is 128 cm³/mol. The third-order valence-corrected chi connectivity index (χ3v) is 5.82. The van der Waals surface area contributed by atoms with Crippen molar-refractivity contribution >= 4 is 52.5 Å². The number of benzene rings is 2. The van der Waals surface area contributed by atoms with Crippen molar-refractivity contribution in [3.05, 3.63) is 87.7 Å². The molecule has 4 rings (SSSR count). The van der Waals surface area contributed by atoms with Gasteiger partial charge in [-0.3, -0.25) is 19.8 Å². The smallest absolute Gasteiger partial charge is 0.270 e. The van der Waals surface area contributed by atoms with Crippen molar-refractivity contribution in [2.24, 2.45) is 0 Å². The molecular formula is C24H17ClN4O2S. The van der Waals surface area contributed by atoms with Crippen molar-refractivity contribution in [3.63, 3.8) is 0 Å². The van der Waals surface area contributed by atoms with E-state index in [1.165, 1.54) is 4.90 Å². The van der Waals surface area contributed by atoms with E-state index in [-0.39, 0.29) is 10.7 Å². The number of carbonyl (C=O) groups is 2. The topological polar surface area (TPSA) is 78.1 Å². The third-order valence-electron chi connectivity index (χ3n) is 5.22. The summed E-state index contributed by atoms with van der Waals surface area (Å²) >= 11 is 11.5. The molecule has 0 unspecified atom stereocenters. The minimum atomic E-state index is -0.563. The van der Waals surface area contributed by atoms with Crippen LogP contribution >= 0.6 is 23.8 Å². The molecule has 1 aliphatic rings. The maximum atomic E-state index is 13.3. The number of nitriles is 1.